The molecule has 4 nitrogen and oxygen atoms in total. The Kier molecular flexibility index (Phi) is 6.52. The Bertz CT molecular complexity index is 223. The van der Waals surface area contributed by atoms with Gasteiger partial charge in [-0.25, -0.2) is 0 Å². The van der Waals surface area contributed by atoms with Gasteiger partial charge in [0.05, 0.1) is 6.10 Å². The summed E-state index contributed by atoms with van der Waals surface area (Å²) in [6.07, 6.45) is 5.45. The second-order valence-corrected chi connectivity index (χ2v) is 5.24. The maximum atomic E-state index is 11.8. The Morgan fingerprint density at radius 3 is 2.59 bits per heavy atom. The standard InChI is InChI=1S/C13H26N2O2/c1-10(16)3-2-8-15-13(17)12-6-4-11(9-14)5-7-12/h10-12,16H,2-9,14H2,1H3,(H,15,17). The van der Waals surface area contributed by atoms with Crippen molar-refractivity contribution in [3.63, 3.8) is 0 Å². The van der Waals surface area contributed by atoms with E-state index in [2.05, 4.69) is 5.32 Å². The maximum absolute atomic E-state index is 11.8. The van der Waals surface area contributed by atoms with Crippen molar-refractivity contribution in [1.82, 2.24) is 5.32 Å². The summed E-state index contributed by atoms with van der Waals surface area (Å²) in [5, 5.41) is 12.1. The first-order valence-electron chi connectivity index (χ1n) is 6.79. The van der Waals surface area contributed by atoms with Gasteiger partial charge in [-0.2, -0.15) is 0 Å². The second-order valence-electron chi connectivity index (χ2n) is 5.24. The number of hydrogen-bond donors (Lipinski definition) is 3. The van der Waals surface area contributed by atoms with E-state index in [4.69, 9.17) is 10.8 Å². The van der Waals surface area contributed by atoms with Crippen molar-refractivity contribution in [1.29, 1.82) is 0 Å². The molecule has 4 heteroatoms. The van der Waals surface area contributed by atoms with E-state index in [0.717, 1.165) is 45.1 Å². The van der Waals surface area contributed by atoms with Crippen LogP contribution in [0.4, 0.5) is 0 Å². The van der Waals surface area contributed by atoms with Gasteiger partial charge in [-0.15, -0.1) is 0 Å². The van der Waals surface area contributed by atoms with E-state index in [0.29, 0.717) is 12.5 Å². The Hall–Kier alpha value is -0.610. The predicted octanol–water partition coefficient (Wildman–Crippen LogP) is 1.03. The fraction of sp³-hybridized carbons (Fsp3) is 0.923. The fourth-order valence-electron chi connectivity index (χ4n) is 2.41. The van der Waals surface area contributed by atoms with E-state index in [9.17, 15) is 4.79 Å². The summed E-state index contributed by atoms with van der Waals surface area (Å²) >= 11 is 0. The molecular formula is C13H26N2O2. The third-order valence-electron chi connectivity index (χ3n) is 3.65. The van der Waals surface area contributed by atoms with Crippen molar-refractivity contribution in [3.8, 4) is 0 Å². The third-order valence-corrected chi connectivity index (χ3v) is 3.65. The summed E-state index contributed by atoms with van der Waals surface area (Å²) in [5.41, 5.74) is 5.63. The van der Waals surface area contributed by atoms with Crippen LogP contribution in [0.2, 0.25) is 0 Å². The quantitative estimate of drug-likeness (QED) is 0.609. The van der Waals surface area contributed by atoms with Gasteiger partial charge < -0.3 is 16.2 Å². The van der Waals surface area contributed by atoms with E-state index >= 15 is 0 Å². The average molecular weight is 242 g/mol. The minimum absolute atomic E-state index is 0.185. The Morgan fingerprint density at radius 2 is 2.06 bits per heavy atom. The number of carbonyl (C=O) groups is 1. The molecule has 17 heavy (non-hydrogen) atoms. The van der Waals surface area contributed by atoms with Crippen molar-refractivity contribution >= 4 is 5.91 Å². The van der Waals surface area contributed by atoms with Gasteiger partial charge in [0.25, 0.3) is 0 Å². The van der Waals surface area contributed by atoms with Gasteiger partial charge >= 0.3 is 0 Å². The van der Waals surface area contributed by atoms with Gasteiger partial charge in [-0.05, 0) is 57.9 Å². The van der Waals surface area contributed by atoms with Gasteiger partial charge in [0.1, 0.15) is 0 Å². The first-order valence-corrected chi connectivity index (χ1v) is 6.79. The first-order chi connectivity index (χ1) is 8.13. The van der Waals surface area contributed by atoms with Crippen LogP contribution in [0, 0.1) is 11.8 Å². The van der Waals surface area contributed by atoms with Gasteiger partial charge in [0.2, 0.25) is 5.91 Å². The molecule has 1 fully saturated rings. The Balaban J connectivity index is 2.12. The monoisotopic (exact) mass is 242 g/mol. The number of rotatable bonds is 6. The molecule has 0 heterocycles. The van der Waals surface area contributed by atoms with E-state index in [1.165, 1.54) is 0 Å². The zero-order valence-electron chi connectivity index (χ0n) is 10.8. The number of nitrogens with two attached hydrogens (primary N) is 1. The van der Waals surface area contributed by atoms with Crippen molar-refractivity contribution < 1.29 is 9.90 Å². The number of carbonyl (C=O) groups excluding carboxylic acids is 1. The Labute approximate surface area is 104 Å². The fourth-order valence-corrected chi connectivity index (χ4v) is 2.41. The van der Waals surface area contributed by atoms with E-state index in [1.54, 1.807) is 6.92 Å². The van der Waals surface area contributed by atoms with Crippen molar-refractivity contribution in [2.75, 3.05) is 13.1 Å². The molecule has 0 aromatic rings. The molecule has 100 valence electrons. The predicted molar refractivity (Wildman–Crippen MR) is 68.4 cm³/mol. The first kappa shape index (κ1) is 14.5. The molecule has 1 rings (SSSR count). The lowest BCUT2D eigenvalue weighted by atomic mass is 9.81. The molecule has 0 spiro atoms. The molecule has 1 saturated carbocycles. The topological polar surface area (TPSA) is 75.3 Å². The van der Waals surface area contributed by atoms with Gasteiger partial charge in [-0.1, -0.05) is 0 Å². The molecular weight excluding hydrogens is 216 g/mol. The maximum Gasteiger partial charge on any atom is 0.223 e. The minimum Gasteiger partial charge on any atom is -0.393 e. The highest BCUT2D eigenvalue weighted by molar-refractivity contribution is 5.78. The van der Waals surface area contributed by atoms with Crippen molar-refractivity contribution in [3.05, 3.63) is 0 Å². The van der Waals surface area contributed by atoms with Crippen molar-refractivity contribution in [2.45, 2.75) is 51.6 Å². The van der Waals surface area contributed by atoms with Crippen LogP contribution in [0.3, 0.4) is 0 Å². The van der Waals surface area contributed by atoms with Crippen LogP contribution in [-0.2, 0) is 4.79 Å². The smallest absolute Gasteiger partial charge is 0.223 e. The zero-order valence-corrected chi connectivity index (χ0v) is 10.8. The molecule has 1 aliphatic carbocycles. The van der Waals surface area contributed by atoms with E-state index < -0.39 is 0 Å². The summed E-state index contributed by atoms with van der Waals surface area (Å²) in [6.45, 7) is 3.21. The summed E-state index contributed by atoms with van der Waals surface area (Å²) in [5.74, 6) is 0.990. The van der Waals surface area contributed by atoms with E-state index in [1.807, 2.05) is 0 Å². The number of aliphatic hydroxyl groups is 1. The molecule has 0 aromatic carbocycles. The van der Waals surface area contributed by atoms with Crippen LogP contribution < -0.4 is 11.1 Å². The lowest BCUT2D eigenvalue weighted by Crippen LogP contribution is -2.34. The van der Waals surface area contributed by atoms with Crippen LogP contribution in [-0.4, -0.2) is 30.2 Å². The molecule has 0 aromatic heterocycles. The molecule has 0 radical (unpaired) electrons. The molecule has 0 aliphatic heterocycles. The van der Waals surface area contributed by atoms with E-state index in [-0.39, 0.29) is 17.9 Å². The zero-order chi connectivity index (χ0) is 12.7. The number of hydrogen-bond acceptors (Lipinski definition) is 3. The highest BCUT2D eigenvalue weighted by Crippen LogP contribution is 2.28. The highest BCUT2D eigenvalue weighted by Gasteiger charge is 2.25. The van der Waals surface area contributed by atoms with Crippen LogP contribution in [0.15, 0.2) is 0 Å². The van der Waals surface area contributed by atoms with Crippen LogP contribution in [0.1, 0.15) is 45.4 Å². The summed E-state index contributed by atoms with van der Waals surface area (Å²) in [6, 6.07) is 0. The average Bonchev–Trinajstić information content (AvgIpc) is 2.34. The molecule has 1 aliphatic rings. The largest absolute Gasteiger partial charge is 0.393 e. The van der Waals surface area contributed by atoms with Crippen LogP contribution in [0.25, 0.3) is 0 Å². The number of amides is 1. The Morgan fingerprint density at radius 1 is 1.41 bits per heavy atom. The lowest BCUT2D eigenvalue weighted by Gasteiger charge is -2.26. The molecule has 4 N–H and O–H groups in total. The lowest BCUT2D eigenvalue weighted by molar-refractivity contribution is -0.126. The normalized spacial score (nSPS) is 26.5. The molecule has 0 saturated heterocycles. The van der Waals surface area contributed by atoms with Crippen molar-refractivity contribution in [2.24, 2.45) is 17.6 Å². The number of aliphatic hydroxyl groups excluding tert-OH is 1. The summed E-state index contributed by atoms with van der Waals surface area (Å²) < 4.78 is 0. The second kappa shape index (κ2) is 7.67. The summed E-state index contributed by atoms with van der Waals surface area (Å²) in [4.78, 5) is 11.8. The van der Waals surface area contributed by atoms with Gasteiger partial charge in [0, 0.05) is 12.5 Å². The van der Waals surface area contributed by atoms with Crippen LogP contribution >= 0.6 is 0 Å². The molecule has 1 unspecified atom stereocenters. The third kappa shape index (κ3) is 5.50. The minimum atomic E-state index is -0.271. The number of nitrogens with one attached hydrogen (secondary N) is 1. The van der Waals surface area contributed by atoms with Crippen LogP contribution in [0.5, 0.6) is 0 Å². The molecule has 1 amide bonds. The summed E-state index contributed by atoms with van der Waals surface area (Å²) in [7, 11) is 0. The molecule has 1 atom stereocenters. The molecule has 0 bridgehead atoms. The van der Waals surface area contributed by atoms with Gasteiger partial charge in [0.15, 0.2) is 0 Å². The SMILES string of the molecule is CC(O)CCCNC(=O)C1CCC(CN)CC1. The highest BCUT2D eigenvalue weighted by atomic mass is 16.3. The van der Waals surface area contributed by atoms with Gasteiger partial charge in [-0.3, -0.25) is 4.79 Å².